The molecule has 0 bridgehead atoms. The predicted octanol–water partition coefficient (Wildman–Crippen LogP) is 4.42. The largest absolute Gasteiger partial charge is 0.345 e. The van der Waals surface area contributed by atoms with E-state index in [0.717, 1.165) is 28.1 Å². The summed E-state index contributed by atoms with van der Waals surface area (Å²) in [5.41, 5.74) is 3.40. The van der Waals surface area contributed by atoms with Crippen LogP contribution in [0.4, 0.5) is 23.3 Å². The lowest BCUT2D eigenvalue weighted by molar-refractivity contribution is 0.0827. The molecular formula is C23H23N7O. The van der Waals surface area contributed by atoms with Crippen LogP contribution in [-0.2, 0) is 0 Å². The Bertz CT molecular complexity index is 1240. The molecule has 4 aromatic rings. The van der Waals surface area contributed by atoms with E-state index in [2.05, 4.69) is 30.8 Å². The molecule has 0 unspecified atom stereocenters. The number of carbonyl (C=O) groups is 1. The van der Waals surface area contributed by atoms with Gasteiger partial charge in [-0.05, 0) is 49.2 Å². The summed E-state index contributed by atoms with van der Waals surface area (Å²) in [5, 5.41) is 15.0. The number of amides is 1. The Morgan fingerprint density at radius 3 is 2.55 bits per heavy atom. The first-order valence-electron chi connectivity index (χ1n) is 10.2. The fourth-order valence-corrected chi connectivity index (χ4v) is 3.44. The van der Waals surface area contributed by atoms with Crippen molar-refractivity contribution in [3.63, 3.8) is 0 Å². The molecule has 8 nitrogen and oxygen atoms in total. The van der Waals surface area contributed by atoms with Crippen LogP contribution in [0.2, 0.25) is 0 Å². The summed E-state index contributed by atoms with van der Waals surface area (Å²) in [6.07, 6.45) is 2.43. The summed E-state index contributed by atoms with van der Waals surface area (Å²) in [4.78, 5) is 23.0. The van der Waals surface area contributed by atoms with E-state index in [0.29, 0.717) is 23.2 Å². The normalized spacial score (nSPS) is 13.2. The molecule has 31 heavy (non-hydrogen) atoms. The molecule has 3 N–H and O–H groups in total. The number of para-hydroxylation sites is 1. The van der Waals surface area contributed by atoms with Crippen LogP contribution in [0.15, 0.2) is 54.6 Å². The highest BCUT2D eigenvalue weighted by atomic mass is 16.2. The second kappa shape index (κ2) is 7.71. The maximum absolute atomic E-state index is 12.1. The lowest BCUT2D eigenvalue weighted by Crippen LogP contribution is -2.21. The highest BCUT2D eigenvalue weighted by molar-refractivity contribution is 5.94. The number of fused-ring (bicyclic) bond motifs is 1. The number of nitrogens with one attached hydrogen (secondary N) is 3. The molecule has 1 aliphatic carbocycles. The lowest BCUT2D eigenvalue weighted by Gasteiger charge is -2.12. The molecule has 0 spiro atoms. The minimum atomic E-state index is -0.0374. The van der Waals surface area contributed by atoms with E-state index in [-0.39, 0.29) is 5.91 Å². The number of aromatic nitrogens is 4. The molecule has 1 saturated carbocycles. The zero-order valence-electron chi connectivity index (χ0n) is 17.4. The number of nitrogens with zero attached hydrogens (tertiary/aromatic N) is 4. The number of aromatic amines is 1. The van der Waals surface area contributed by atoms with Crippen molar-refractivity contribution in [2.24, 2.45) is 0 Å². The van der Waals surface area contributed by atoms with Gasteiger partial charge in [-0.15, -0.1) is 0 Å². The maximum Gasteiger partial charge on any atom is 0.253 e. The van der Waals surface area contributed by atoms with Crippen LogP contribution in [0.5, 0.6) is 0 Å². The van der Waals surface area contributed by atoms with E-state index in [4.69, 9.17) is 0 Å². The SMILES string of the molecule is CN(C)C(=O)c1ccc(Nc2nc(Nc3cc(C4CC4)[nH]n3)c3ccccc3n2)cc1. The van der Waals surface area contributed by atoms with Gasteiger partial charge in [0, 0.05) is 48.4 Å². The molecular weight excluding hydrogens is 390 g/mol. The smallest absolute Gasteiger partial charge is 0.253 e. The van der Waals surface area contributed by atoms with Crippen LogP contribution < -0.4 is 10.6 Å². The van der Waals surface area contributed by atoms with Crippen molar-refractivity contribution in [1.29, 1.82) is 0 Å². The Hall–Kier alpha value is -3.94. The number of carbonyl (C=O) groups excluding carboxylic acids is 1. The minimum absolute atomic E-state index is 0.0374. The first-order valence-corrected chi connectivity index (χ1v) is 10.2. The molecule has 2 aromatic heterocycles. The van der Waals surface area contributed by atoms with Gasteiger partial charge in [-0.1, -0.05) is 12.1 Å². The second-order valence-corrected chi connectivity index (χ2v) is 7.92. The monoisotopic (exact) mass is 413 g/mol. The van der Waals surface area contributed by atoms with E-state index in [1.165, 1.54) is 12.8 Å². The number of benzene rings is 2. The average molecular weight is 413 g/mol. The molecule has 1 aliphatic rings. The summed E-state index contributed by atoms with van der Waals surface area (Å²) in [7, 11) is 3.47. The average Bonchev–Trinajstić information content (AvgIpc) is 3.53. The van der Waals surface area contributed by atoms with Crippen LogP contribution in [0, 0.1) is 0 Å². The van der Waals surface area contributed by atoms with Crippen LogP contribution in [0.1, 0.15) is 34.8 Å². The van der Waals surface area contributed by atoms with Crippen molar-refractivity contribution in [3.8, 4) is 0 Å². The third-order valence-corrected chi connectivity index (χ3v) is 5.26. The number of hydrogen-bond acceptors (Lipinski definition) is 6. The summed E-state index contributed by atoms with van der Waals surface area (Å²) < 4.78 is 0. The van der Waals surface area contributed by atoms with Crippen molar-refractivity contribution in [1.82, 2.24) is 25.1 Å². The van der Waals surface area contributed by atoms with E-state index >= 15 is 0 Å². The van der Waals surface area contributed by atoms with Gasteiger partial charge >= 0.3 is 0 Å². The van der Waals surface area contributed by atoms with Gasteiger partial charge in [0.2, 0.25) is 5.95 Å². The van der Waals surface area contributed by atoms with Crippen molar-refractivity contribution in [2.45, 2.75) is 18.8 Å². The molecule has 0 saturated heterocycles. The number of H-pyrrole nitrogens is 1. The second-order valence-electron chi connectivity index (χ2n) is 7.92. The lowest BCUT2D eigenvalue weighted by atomic mass is 10.2. The van der Waals surface area contributed by atoms with Crippen molar-refractivity contribution >= 4 is 40.1 Å². The Labute approximate surface area is 179 Å². The quantitative estimate of drug-likeness (QED) is 0.433. The Morgan fingerprint density at radius 2 is 1.81 bits per heavy atom. The van der Waals surface area contributed by atoms with Crippen LogP contribution in [-0.4, -0.2) is 45.1 Å². The molecule has 1 fully saturated rings. The Balaban J connectivity index is 1.43. The molecule has 0 aliphatic heterocycles. The standard InChI is InChI=1S/C23H23N7O/c1-30(2)22(31)15-9-11-16(12-10-15)24-23-25-18-6-4-3-5-17(18)21(27-23)26-20-13-19(28-29-20)14-7-8-14/h3-6,9-14H,7-8H2,1-2H3,(H3,24,25,26,27,28,29). The zero-order chi connectivity index (χ0) is 21.4. The van der Waals surface area contributed by atoms with E-state index in [1.807, 2.05) is 42.5 Å². The first kappa shape index (κ1) is 19.0. The van der Waals surface area contributed by atoms with Crippen molar-refractivity contribution in [3.05, 3.63) is 65.9 Å². The highest BCUT2D eigenvalue weighted by Gasteiger charge is 2.25. The molecule has 0 atom stereocenters. The Kier molecular flexibility index (Phi) is 4.74. The third kappa shape index (κ3) is 4.05. The number of hydrogen-bond donors (Lipinski definition) is 3. The molecule has 0 radical (unpaired) electrons. The summed E-state index contributed by atoms with van der Waals surface area (Å²) >= 11 is 0. The molecule has 156 valence electrons. The van der Waals surface area contributed by atoms with Gasteiger partial charge in [-0.3, -0.25) is 9.89 Å². The van der Waals surface area contributed by atoms with Crippen LogP contribution >= 0.6 is 0 Å². The van der Waals surface area contributed by atoms with E-state index < -0.39 is 0 Å². The molecule has 8 heteroatoms. The van der Waals surface area contributed by atoms with Gasteiger partial charge < -0.3 is 15.5 Å². The van der Waals surface area contributed by atoms with Gasteiger partial charge in [-0.25, -0.2) is 4.98 Å². The highest BCUT2D eigenvalue weighted by Crippen LogP contribution is 2.39. The first-order chi connectivity index (χ1) is 15.1. The van der Waals surface area contributed by atoms with E-state index in [1.54, 1.807) is 31.1 Å². The van der Waals surface area contributed by atoms with Crippen LogP contribution in [0.3, 0.4) is 0 Å². The molecule has 2 aromatic carbocycles. The fourth-order valence-electron chi connectivity index (χ4n) is 3.44. The summed E-state index contributed by atoms with van der Waals surface area (Å²) in [6.45, 7) is 0. The van der Waals surface area contributed by atoms with Gasteiger partial charge in [-0.2, -0.15) is 10.1 Å². The Morgan fingerprint density at radius 1 is 1.03 bits per heavy atom. The number of rotatable bonds is 6. The van der Waals surface area contributed by atoms with Crippen LogP contribution in [0.25, 0.3) is 10.9 Å². The summed E-state index contributed by atoms with van der Waals surface area (Å²) in [6, 6.07) is 17.2. The maximum atomic E-state index is 12.1. The van der Waals surface area contributed by atoms with Gasteiger partial charge in [0.25, 0.3) is 5.91 Å². The minimum Gasteiger partial charge on any atom is -0.345 e. The third-order valence-electron chi connectivity index (χ3n) is 5.26. The molecule has 2 heterocycles. The van der Waals surface area contributed by atoms with Gasteiger partial charge in [0.05, 0.1) is 5.52 Å². The zero-order valence-corrected chi connectivity index (χ0v) is 17.4. The number of anilines is 4. The topological polar surface area (TPSA) is 98.8 Å². The summed E-state index contributed by atoms with van der Waals surface area (Å²) in [5.74, 6) is 2.45. The van der Waals surface area contributed by atoms with Gasteiger partial charge in [0.15, 0.2) is 5.82 Å². The van der Waals surface area contributed by atoms with E-state index in [9.17, 15) is 4.79 Å². The fraction of sp³-hybridized carbons (Fsp3) is 0.217. The predicted molar refractivity (Wildman–Crippen MR) is 121 cm³/mol. The molecule has 1 amide bonds. The van der Waals surface area contributed by atoms with Crippen molar-refractivity contribution < 1.29 is 4.79 Å². The van der Waals surface area contributed by atoms with Crippen molar-refractivity contribution in [2.75, 3.05) is 24.7 Å². The molecule has 5 rings (SSSR count). The van der Waals surface area contributed by atoms with Gasteiger partial charge in [0.1, 0.15) is 5.82 Å².